The summed E-state index contributed by atoms with van der Waals surface area (Å²) in [7, 11) is -0.409. The van der Waals surface area contributed by atoms with Crippen molar-refractivity contribution in [3.05, 3.63) is 222 Å². The molecule has 2 saturated heterocycles. The van der Waals surface area contributed by atoms with Crippen LogP contribution in [0.1, 0.15) is 141 Å². The Bertz CT molecular complexity index is 6440. The minimum atomic E-state index is -4.82. The molecule has 0 radical (unpaired) electrons. The fourth-order valence-electron chi connectivity index (χ4n) is 13.9. The van der Waals surface area contributed by atoms with E-state index in [9.17, 15) is 73.1 Å². The second-order valence-corrected chi connectivity index (χ2v) is 32.9. The number of aromatic amines is 3. The number of alkyl halides is 9. The molecule has 25 nitrogen and oxygen atoms in total. The van der Waals surface area contributed by atoms with Crippen LogP contribution in [0.25, 0.3) is 88.1 Å². The van der Waals surface area contributed by atoms with Crippen molar-refractivity contribution in [1.29, 1.82) is 0 Å². The predicted octanol–water partition coefficient (Wildman–Crippen LogP) is 23.1. The van der Waals surface area contributed by atoms with Crippen molar-refractivity contribution in [3.8, 4) is 22.3 Å². The minimum absolute atomic E-state index is 0. The number of nitrogen functional groups attached to an aromatic ring is 1. The predicted molar refractivity (Wildman–Crippen MR) is 479 cm³/mol. The molecular weight excluding hydrogens is 1820 g/mol. The van der Waals surface area contributed by atoms with E-state index in [1.54, 1.807) is 39.2 Å². The number of benzene rings is 5. The van der Waals surface area contributed by atoms with Crippen molar-refractivity contribution in [3.63, 3.8) is 0 Å². The van der Waals surface area contributed by atoms with Crippen molar-refractivity contribution >= 4 is 163 Å². The van der Waals surface area contributed by atoms with Crippen LogP contribution in [0.3, 0.4) is 0 Å². The summed E-state index contributed by atoms with van der Waals surface area (Å²) in [5.41, 5.74) is 16.6. The number of carboxylic acid groups (broad SMARTS) is 2. The summed E-state index contributed by atoms with van der Waals surface area (Å²) in [6.45, 7) is 21.9. The molecule has 2 aliphatic heterocycles. The molecule has 2 fully saturated rings. The van der Waals surface area contributed by atoms with Crippen LogP contribution >= 0.6 is 58.0 Å². The Kier molecular flexibility index (Phi) is 35.7. The molecule has 8 aromatic heterocycles. The lowest BCUT2D eigenvalue weighted by molar-refractivity contribution is -0.384. The highest BCUT2D eigenvalue weighted by molar-refractivity contribution is 7.79. The van der Waals surface area contributed by atoms with Gasteiger partial charge in [0.05, 0.1) is 74.4 Å². The molecule has 42 heteroatoms. The summed E-state index contributed by atoms with van der Waals surface area (Å²) in [6, 6.07) is 14.9. The number of fused-ring (bicyclic) bond motifs is 9. The number of piperidine rings is 2. The zero-order valence-corrected chi connectivity index (χ0v) is 73.9. The maximum atomic E-state index is 13.9. The number of carbonyl (C=O) groups excluding carboxylic acids is 1. The normalized spacial score (nSPS) is 13.3. The van der Waals surface area contributed by atoms with Gasteiger partial charge >= 0.3 is 34.9 Å². The second-order valence-electron chi connectivity index (χ2n) is 29.9. The Hall–Kier alpha value is -10.7. The number of aliphatic carboxylic acids is 1. The molecule has 0 unspecified atom stereocenters. The number of H-pyrrole nitrogens is 3. The van der Waals surface area contributed by atoms with Crippen molar-refractivity contribution in [1.82, 2.24) is 55.0 Å². The van der Waals surface area contributed by atoms with E-state index in [4.69, 9.17) is 96.9 Å². The number of amides is 1. The van der Waals surface area contributed by atoms with Gasteiger partial charge in [-0.3, -0.25) is 28.8 Å². The number of likely N-dealkylation sites (tertiary alicyclic amines) is 2. The molecule has 0 atom stereocenters. The van der Waals surface area contributed by atoms with E-state index in [-0.39, 0.29) is 75.9 Å². The smallest absolute Gasteiger partial charge is 0.416 e. The molecule has 0 saturated carbocycles. The monoisotopic (exact) mass is 1910 g/mol. The zero-order valence-electron chi connectivity index (χ0n) is 69.3. The molecule has 0 spiro atoms. The molecule has 0 bridgehead atoms. The molecule has 10 heterocycles. The SMILES string of the molecule is C.C.CC(=O)O.CN1CCC(N)CC1.Cc1cnc(F)c(-c2c(Cl)cc(C(F)(F)F)c(C)c2N)c1.Cc1cnc(F)c(-c2c(Cl)cc(C(F)(F)F)c(C)c2[N+](=O)[O-])c1.Cc1cnc2[nH]c3c(C)c(C(=O)NC4CCN(C)CC4)cc(Cl)c3c2c1.Cc1cnc2[nH]c3c(C)c(C(=O)O)cc(Cl)c3c2c1.Cc1cnc2[nH]c3c(C)c(C(F)(F)F)cc(Cl)c3c2c1.O=S(=O)(O)O. The maximum absolute atomic E-state index is 13.9. The fraction of sp³-hybridized carbons (Fsp3) is 0.326. The molecule has 690 valence electrons. The van der Waals surface area contributed by atoms with E-state index in [0.29, 0.717) is 66.6 Å². The second kappa shape index (κ2) is 43.1. The average molecular weight is 1920 g/mol. The quantitative estimate of drug-likeness (QED) is 0.0185. The van der Waals surface area contributed by atoms with Gasteiger partial charge in [-0.2, -0.15) is 56.7 Å². The van der Waals surface area contributed by atoms with E-state index in [2.05, 4.69) is 75.2 Å². The number of nitrogens with two attached hydrogens (primary N) is 2. The van der Waals surface area contributed by atoms with Gasteiger partial charge in [-0.25, -0.2) is 29.7 Å². The number of hydrogen-bond acceptors (Lipinski definition) is 16. The maximum Gasteiger partial charge on any atom is 0.416 e. The molecule has 128 heavy (non-hydrogen) atoms. The van der Waals surface area contributed by atoms with Crippen LogP contribution in [-0.2, 0) is 33.7 Å². The number of carboxylic acids is 2. The average Bonchev–Trinajstić information content (AvgIpc) is 1.59. The third kappa shape index (κ3) is 26.1. The van der Waals surface area contributed by atoms with Gasteiger partial charge in [0.15, 0.2) is 0 Å². The van der Waals surface area contributed by atoms with Crippen LogP contribution in [0.15, 0.2) is 91.6 Å². The largest absolute Gasteiger partial charge is 0.481 e. The van der Waals surface area contributed by atoms with Gasteiger partial charge in [-0.05, 0) is 246 Å². The fourth-order valence-corrected chi connectivity index (χ4v) is 15.5. The number of aromatic carboxylic acids is 1. The lowest BCUT2D eigenvalue weighted by Gasteiger charge is -2.29. The van der Waals surface area contributed by atoms with Crippen molar-refractivity contribution < 1.29 is 95.3 Å². The molecule has 1 amide bonds. The Labute approximate surface area is 752 Å². The molecule has 2 aliphatic rings. The Morgan fingerprint density at radius 2 is 0.805 bits per heavy atom. The third-order valence-electron chi connectivity index (χ3n) is 20.2. The number of nitro groups is 1. The highest BCUT2D eigenvalue weighted by Crippen LogP contribution is 2.48. The number of pyridine rings is 5. The molecular formula is C86H92Cl5F11N14O11S. The molecule has 5 aromatic carbocycles. The van der Waals surface area contributed by atoms with Crippen LogP contribution in [0.4, 0.5) is 59.7 Å². The molecule has 13 aromatic rings. The number of halogens is 16. The van der Waals surface area contributed by atoms with Crippen LogP contribution in [0.5, 0.6) is 0 Å². The first kappa shape index (κ1) is 106. The number of aryl methyl sites for hydroxylation is 8. The summed E-state index contributed by atoms with van der Waals surface area (Å²) in [5, 5.41) is 36.3. The summed E-state index contributed by atoms with van der Waals surface area (Å²) in [4.78, 5) is 77.3. The number of hydrogen-bond donors (Lipinski definition) is 10. The topological polar surface area (TPSA) is 392 Å². The summed E-state index contributed by atoms with van der Waals surface area (Å²) in [6.07, 6.45) is -1.77. The minimum Gasteiger partial charge on any atom is -0.481 e. The number of nitro benzene ring substituents is 1. The van der Waals surface area contributed by atoms with Crippen molar-refractivity contribution in [2.24, 2.45) is 5.73 Å². The first-order valence-corrected chi connectivity index (χ1v) is 41.0. The van der Waals surface area contributed by atoms with Gasteiger partial charge in [0.2, 0.25) is 11.9 Å². The number of aromatic nitrogens is 8. The van der Waals surface area contributed by atoms with Crippen LogP contribution in [-0.4, -0.2) is 153 Å². The number of carbonyl (C=O) groups is 3. The highest BCUT2D eigenvalue weighted by atomic mass is 35.5. The Morgan fingerprint density at radius 3 is 1.17 bits per heavy atom. The van der Waals surface area contributed by atoms with Crippen LogP contribution in [0.2, 0.25) is 25.1 Å². The van der Waals surface area contributed by atoms with Gasteiger partial charge in [0.25, 0.3) is 17.6 Å². The number of anilines is 1. The first-order chi connectivity index (χ1) is 58.4. The van der Waals surface area contributed by atoms with Gasteiger partial charge in [-0.1, -0.05) is 72.9 Å². The van der Waals surface area contributed by atoms with Gasteiger partial charge in [-0.15, -0.1) is 0 Å². The van der Waals surface area contributed by atoms with Crippen LogP contribution in [0, 0.1) is 91.2 Å². The number of rotatable bonds is 6. The molecule has 15 rings (SSSR count). The molecule has 0 aliphatic carbocycles. The van der Waals surface area contributed by atoms with Gasteiger partial charge < -0.3 is 51.7 Å². The zero-order chi connectivity index (χ0) is 94.3. The summed E-state index contributed by atoms with van der Waals surface area (Å²) < 4.78 is 176. The van der Waals surface area contributed by atoms with E-state index in [1.165, 1.54) is 70.4 Å². The Morgan fingerprint density at radius 1 is 0.500 bits per heavy atom. The van der Waals surface area contributed by atoms with E-state index in [0.717, 1.165) is 118 Å². The van der Waals surface area contributed by atoms with Gasteiger partial charge in [0.1, 0.15) is 16.9 Å². The van der Waals surface area contributed by atoms with Gasteiger partial charge in [0, 0.05) is 116 Å². The summed E-state index contributed by atoms with van der Waals surface area (Å²) in [5.74, 6) is -3.76. The third-order valence-corrected chi connectivity index (χ3v) is 21.7. The standard InChI is InChI=1S/C20H23ClN4O.C14H9ClF4N2O2.C14H11ClF4N2.C14H10ClF3N2.C14H11ClN2O2.C6H14N2.C2H4O2.2CH4.H2O4S/c1-11-8-15-17-16(21)9-14(12(2)18(17)24-19(15)22-10-11)20(26)23-13-4-6-25(3)7-5-13;1-6-3-8(13(16)20-5-6)11-10(15)4-9(14(17,18)19)7(2)12(11)21(22)23;1-6-3-8(13(16)21-5-6)11-10(15)4-9(14(17,18)19)7(2)12(11)20;1-6-3-8-11-10(15)4-9(14(16,17)18)7(2)12(11)20-13(8)19-5-6;1-6-3-9-11-10(15)4-8(14(18)19)7(2)12(11)17-13(9)16-5-6;1-8-4-2-6(7)3-5-8;1-2(3)4;;;1-5(2,3)4/h8-10,13H,4-7H2,1-3H3,(H,22,24)(H,23,26);3-5H,1-2H3;3-5H,20H2,1-2H3;3-5H,1-2H3,(H,19,20);3-5H,1-2H3,(H,16,17)(H,18,19);6H,2-5,7H2,1H3;1H3,(H,3,4);2*1H4;(H2,1,2,3,4). The Balaban J connectivity index is 0.000000235. The summed E-state index contributed by atoms with van der Waals surface area (Å²) >= 11 is 30.6. The van der Waals surface area contributed by atoms with E-state index < -0.39 is 96.2 Å². The van der Waals surface area contributed by atoms with Crippen molar-refractivity contribution in [2.75, 3.05) is 46.0 Å². The first-order valence-electron chi connectivity index (χ1n) is 37.7. The van der Waals surface area contributed by atoms with E-state index in [1.807, 2.05) is 46.0 Å². The van der Waals surface area contributed by atoms with Crippen LogP contribution < -0.4 is 16.8 Å². The van der Waals surface area contributed by atoms with E-state index >= 15 is 0 Å². The van der Waals surface area contributed by atoms with Crippen molar-refractivity contribution in [2.45, 2.75) is 147 Å². The molecule has 12 N–H and O–H groups in total. The number of nitrogens with zero attached hydrogens (tertiary/aromatic N) is 8. The lowest BCUT2D eigenvalue weighted by Crippen LogP contribution is -2.43. The number of nitrogens with one attached hydrogen (secondary N) is 4. The highest BCUT2D eigenvalue weighted by Gasteiger charge is 2.40. The lowest BCUT2D eigenvalue weighted by atomic mass is 9.96.